The van der Waals surface area contributed by atoms with Gasteiger partial charge in [0, 0.05) is 15.9 Å². The summed E-state index contributed by atoms with van der Waals surface area (Å²) in [4.78, 5) is 17.4. The lowest BCUT2D eigenvalue weighted by Crippen LogP contribution is -2.53. The molecule has 1 fully saturated rings. The van der Waals surface area contributed by atoms with Crippen molar-refractivity contribution in [1.29, 1.82) is 0 Å². The van der Waals surface area contributed by atoms with Gasteiger partial charge in [-0.3, -0.25) is 4.79 Å². The van der Waals surface area contributed by atoms with E-state index in [1.54, 1.807) is 11.8 Å². The maximum absolute atomic E-state index is 13.8. The Morgan fingerprint density at radius 2 is 1.82 bits per heavy atom. The lowest BCUT2D eigenvalue weighted by Gasteiger charge is -2.40. The fraction of sp³-hybridized carbons (Fsp3) is 0.435. The van der Waals surface area contributed by atoms with Crippen LogP contribution in [0.4, 0.5) is 0 Å². The zero-order chi connectivity index (χ0) is 19.7. The summed E-state index contributed by atoms with van der Waals surface area (Å²) in [6.45, 7) is 7.38. The third-order valence-electron chi connectivity index (χ3n) is 5.64. The van der Waals surface area contributed by atoms with Crippen LogP contribution in [0.15, 0.2) is 45.8 Å². The number of nitrogens with zero attached hydrogens (tertiary/aromatic N) is 1. The van der Waals surface area contributed by atoms with Gasteiger partial charge >= 0.3 is 0 Å². The normalized spacial score (nSPS) is 22.6. The van der Waals surface area contributed by atoms with Gasteiger partial charge in [0.15, 0.2) is 5.78 Å². The van der Waals surface area contributed by atoms with E-state index in [0.29, 0.717) is 17.9 Å². The molecule has 2 aromatic rings. The van der Waals surface area contributed by atoms with Crippen molar-refractivity contribution < 1.29 is 9.53 Å². The van der Waals surface area contributed by atoms with Gasteiger partial charge in [-0.15, -0.1) is 11.8 Å². The molecule has 0 amide bonds. The molecule has 2 aromatic carbocycles. The fourth-order valence-electron chi connectivity index (χ4n) is 3.99. The Morgan fingerprint density at radius 1 is 1.11 bits per heavy atom. The molecule has 1 saturated heterocycles. The summed E-state index contributed by atoms with van der Waals surface area (Å²) in [6, 6.07) is 12.4. The predicted octanol–water partition coefficient (Wildman–Crippen LogP) is 5.66. The molecule has 5 heteroatoms. The second-order valence-corrected chi connectivity index (χ2v) is 10.3. The molecular weight excluding hydrogens is 434 g/mol. The molecule has 4 rings (SSSR count). The number of ether oxygens (including phenoxy) is 1. The number of halogens is 1. The molecule has 0 unspecified atom stereocenters. The number of hydrogen-bond acceptors (Lipinski definition) is 4. The Hall–Kier alpha value is -1.30. The van der Waals surface area contributed by atoms with Gasteiger partial charge in [0.1, 0.15) is 17.1 Å². The molecule has 1 atom stereocenters. The van der Waals surface area contributed by atoms with Crippen LogP contribution < -0.4 is 4.74 Å². The number of piperidine rings is 1. The molecule has 28 heavy (non-hydrogen) atoms. The smallest absolute Gasteiger partial charge is 0.187 e. The van der Waals surface area contributed by atoms with E-state index >= 15 is 0 Å². The van der Waals surface area contributed by atoms with E-state index < -0.39 is 4.75 Å². The number of aryl methyl sites for hydroxylation is 2. The van der Waals surface area contributed by atoms with E-state index in [2.05, 4.69) is 52.0 Å². The fourth-order valence-corrected chi connectivity index (χ4v) is 5.63. The first-order valence-electron chi connectivity index (χ1n) is 9.93. The minimum absolute atomic E-state index is 0.186. The number of Topliss-reactive ketones (excluding diaryl/α,β-unsaturated/α-hetero) is 1. The van der Waals surface area contributed by atoms with E-state index in [0.717, 1.165) is 34.6 Å². The number of likely N-dealkylation sites (tertiary alicyclic amines) is 1. The molecule has 2 heterocycles. The van der Waals surface area contributed by atoms with Crippen molar-refractivity contribution in [2.24, 2.45) is 0 Å². The number of benzene rings is 2. The summed E-state index contributed by atoms with van der Waals surface area (Å²) in [6.07, 6.45) is 3.71. The number of carbonyl (C=O) groups excluding carboxylic acids is 1. The second kappa shape index (κ2) is 8.21. The van der Waals surface area contributed by atoms with Gasteiger partial charge in [-0.1, -0.05) is 40.0 Å². The summed E-state index contributed by atoms with van der Waals surface area (Å²) in [5.74, 6) is 0.898. The van der Waals surface area contributed by atoms with Gasteiger partial charge in [0.05, 0.1) is 5.56 Å². The van der Waals surface area contributed by atoms with Gasteiger partial charge in [-0.25, -0.2) is 0 Å². The van der Waals surface area contributed by atoms with Crippen molar-refractivity contribution in [3.63, 3.8) is 0 Å². The van der Waals surface area contributed by atoms with Crippen molar-refractivity contribution in [2.45, 2.75) is 42.8 Å². The van der Waals surface area contributed by atoms with Crippen LogP contribution in [0, 0.1) is 13.8 Å². The Balaban J connectivity index is 1.70. The van der Waals surface area contributed by atoms with E-state index in [4.69, 9.17) is 4.74 Å². The molecule has 148 valence electrons. The van der Waals surface area contributed by atoms with Crippen molar-refractivity contribution >= 4 is 33.5 Å². The Labute approximate surface area is 180 Å². The molecule has 2 aliphatic heterocycles. The maximum Gasteiger partial charge on any atom is 0.187 e. The summed E-state index contributed by atoms with van der Waals surface area (Å²) in [5, 5.41) is 0. The van der Waals surface area contributed by atoms with E-state index in [9.17, 15) is 4.79 Å². The lowest BCUT2D eigenvalue weighted by molar-refractivity contribution is 0.0807. The van der Waals surface area contributed by atoms with E-state index in [1.165, 1.54) is 24.8 Å². The second-order valence-electron chi connectivity index (χ2n) is 7.96. The topological polar surface area (TPSA) is 29.5 Å². The maximum atomic E-state index is 13.8. The average Bonchev–Trinajstić information content (AvgIpc) is 2.69. The van der Waals surface area contributed by atoms with Crippen LogP contribution in [-0.4, -0.2) is 41.7 Å². The van der Waals surface area contributed by atoms with E-state index in [1.807, 2.05) is 19.1 Å². The standard InChI is InChI=1S/C23H26BrNO2S/c1-16-6-8-18(9-7-16)28-23(14-25-10-4-3-5-11-25)15-27-21-12-17(2)20(24)13-19(21)22(23)26/h6-9,12-13H,3-5,10-11,14-15H2,1-2H3/t23-/m1/s1. The number of fused-ring (bicyclic) bond motifs is 1. The highest BCUT2D eigenvalue weighted by molar-refractivity contribution is 9.10. The molecule has 0 spiro atoms. The third kappa shape index (κ3) is 4.03. The molecule has 0 radical (unpaired) electrons. The largest absolute Gasteiger partial charge is 0.491 e. The van der Waals surface area contributed by atoms with Crippen LogP contribution in [0.5, 0.6) is 5.75 Å². The Kier molecular flexibility index (Phi) is 5.86. The minimum Gasteiger partial charge on any atom is -0.491 e. The molecule has 0 aliphatic carbocycles. The van der Waals surface area contributed by atoms with Crippen LogP contribution in [0.2, 0.25) is 0 Å². The van der Waals surface area contributed by atoms with Crippen LogP contribution >= 0.6 is 27.7 Å². The highest BCUT2D eigenvalue weighted by atomic mass is 79.9. The first-order chi connectivity index (χ1) is 13.5. The molecular formula is C23H26BrNO2S. The summed E-state index contributed by atoms with van der Waals surface area (Å²) >= 11 is 5.25. The van der Waals surface area contributed by atoms with Crippen molar-refractivity contribution in [3.05, 3.63) is 57.6 Å². The quantitative estimate of drug-likeness (QED) is 0.589. The molecule has 0 saturated carbocycles. The number of ketones is 1. The molecule has 2 aliphatic rings. The SMILES string of the molecule is Cc1ccc(S[C@]2(CN3CCCCC3)COc3cc(C)c(Br)cc3C2=O)cc1. The minimum atomic E-state index is -0.617. The Bertz CT molecular complexity index is 877. The first-order valence-corrected chi connectivity index (χ1v) is 11.5. The first kappa shape index (κ1) is 20.0. The van der Waals surface area contributed by atoms with Crippen LogP contribution in [0.25, 0.3) is 0 Å². The lowest BCUT2D eigenvalue weighted by atomic mass is 9.92. The zero-order valence-corrected chi connectivity index (χ0v) is 18.9. The molecule has 0 bridgehead atoms. The van der Waals surface area contributed by atoms with Gasteiger partial charge in [-0.05, 0) is 69.6 Å². The van der Waals surface area contributed by atoms with Crippen LogP contribution in [0.1, 0.15) is 40.7 Å². The number of carbonyl (C=O) groups is 1. The third-order valence-corrected chi connectivity index (χ3v) is 7.83. The Morgan fingerprint density at radius 3 is 2.54 bits per heavy atom. The van der Waals surface area contributed by atoms with Crippen molar-refractivity contribution in [3.8, 4) is 5.75 Å². The number of hydrogen-bond donors (Lipinski definition) is 0. The highest BCUT2D eigenvalue weighted by Gasteiger charge is 2.46. The van der Waals surface area contributed by atoms with Gasteiger partial charge < -0.3 is 9.64 Å². The highest BCUT2D eigenvalue weighted by Crippen LogP contribution is 2.43. The van der Waals surface area contributed by atoms with Crippen molar-refractivity contribution in [2.75, 3.05) is 26.2 Å². The van der Waals surface area contributed by atoms with Gasteiger partial charge in [0.25, 0.3) is 0 Å². The summed E-state index contributed by atoms with van der Waals surface area (Å²) in [5.41, 5.74) is 3.01. The van der Waals surface area contributed by atoms with Crippen LogP contribution in [0.3, 0.4) is 0 Å². The molecule has 0 N–H and O–H groups in total. The van der Waals surface area contributed by atoms with Gasteiger partial charge in [0.2, 0.25) is 0 Å². The number of rotatable bonds is 4. The average molecular weight is 460 g/mol. The zero-order valence-electron chi connectivity index (χ0n) is 16.5. The van der Waals surface area contributed by atoms with Crippen LogP contribution in [-0.2, 0) is 0 Å². The predicted molar refractivity (Wildman–Crippen MR) is 119 cm³/mol. The number of thioether (sulfide) groups is 1. The molecule has 3 nitrogen and oxygen atoms in total. The summed E-state index contributed by atoms with van der Waals surface area (Å²) in [7, 11) is 0. The van der Waals surface area contributed by atoms with Crippen molar-refractivity contribution in [1.82, 2.24) is 4.90 Å². The molecule has 0 aromatic heterocycles. The van der Waals surface area contributed by atoms with Gasteiger partial charge in [-0.2, -0.15) is 0 Å². The van der Waals surface area contributed by atoms with E-state index in [-0.39, 0.29) is 5.78 Å². The monoisotopic (exact) mass is 459 g/mol. The summed E-state index contributed by atoms with van der Waals surface area (Å²) < 4.78 is 6.53.